The lowest BCUT2D eigenvalue weighted by molar-refractivity contribution is -0.212. The van der Waals surface area contributed by atoms with E-state index in [0.717, 1.165) is 88.2 Å². The normalized spacial score (nSPS) is 35.9. The summed E-state index contributed by atoms with van der Waals surface area (Å²) in [6, 6.07) is 20.4. The first-order valence-corrected chi connectivity index (χ1v) is 17.3. The Labute approximate surface area is 267 Å². The Morgan fingerprint density at radius 1 is 0.511 bits per heavy atom. The van der Waals surface area contributed by atoms with E-state index in [1.54, 1.807) is 0 Å². The van der Waals surface area contributed by atoms with Gasteiger partial charge >= 0.3 is 11.9 Å². The van der Waals surface area contributed by atoms with E-state index in [2.05, 4.69) is 47.9 Å². The highest BCUT2D eigenvalue weighted by Gasteiger charge is 2.58. The molecule has 45 heavy (non-hydrogen) atoms. The fourth-order valence-electron chi connectivity index (χ4n) is 8.72. The maximum Gasteiger partial charge on any atom is 0.316 e. The van der Waals surface area contributed by atoms with Gasteiger partial charge in [0.15, 0.2) is 0 Å². The van der Waals surface area contributed by atoms with Gasteiger partial charge in [0.05, 0.1) is 36.3 Å². The van der Waals surface area contributed by atoms with E-state index in [-0.39, 0.29) is 60.0 Å². The quantitative estimate of drug-likeness (QED) is 0.211. The summed E-state index contributed by atoms with van der Waals surface area (Å²) >= 11 is 0. The number of carbonyl (C=O) groups excluding carboxylic acids is 2. The minimum absolute atomic E-state index is 0.00258. The highest BCUT2D eigenvalue weighted by Crippen LogP contribution is 2.52. The molecule has 1 aliphatic heterocycles. The predicted molar refractivity (Wildman–Crippen MR) is 171 cm³/mol. The second-order valence-electron chi connectivity index (χ2n) is 13.8. The standard InChI is InChI=1S/C40H44O5/c41-39-33-23-25-35(43-31-19-15-29(16-20-31)13-11-27-7-3-1-4-8-27)38-36(26-24-34(37(33)38)40(42)45-39)44-32-21-17-30(18-22-32)14-12-28-9-5-2-6-10-28/h1-10,29-38H,15-26H2. The van der Waals surface area contributed by atoms with Crippen LogP contribution in [-0.2, 0) is 23.8 Å². The number of esters is 2. The third-order valence-electron chi connectivity index (χ3n) is 11.0. The van der Waals surface area contributed by atoms with Crippen LogP contribution in [0.15, 0.2) is 60.7 Å². The molecule has 234 valence electrons. The number of hydrogen-bond donors (Lipinski definition) is 0. The second-order valence-corrected chi connectivity index (χ2v) is 13.8. The van der Waals surface area contributed by atoms with Gasteiger partial charge in [-0.1, -0.05) is 60.1 Å². The summed E-state index contributed by atoms with van der Waals surface area (Å²) in [6.07, 6.45) is 11.6. The molecule has 0 radical (unpaired) electrons. The molecule has 2 aromatic rings. The Bertz CT molecular complexity index is 1340. The summed E-state index contributed by atoms with van der Waals surface area (Å²) in [5.41, 5.74) is 2.14. The summed E-state index contributed by atoms with van der Waals surface area (Å²) in [5, 5.41) is 0. The van der Waals surface area contributed by atoms with Crippen molar-refractivity contribution in [1.82, 2.24) is 0 Å². The van der Waals surface area contributed by atoms with Crippen LogP contribution in [0.3, 0.4) is 0 Å². The maximum absolute atomic E-state index is 12.9. The molecule has 4 saturated carbocycles. The Morgan fingerprint density at radius 2 is 0.933 bits per heavy atom. The van der Waals surface area contributed by atoms with E-state index < -0.39 is 0 Å². The summed E-state index contributed by atoms with van der Waals surface area (Å²) in [5.74, 6) is 13.4. The Morgan fingerprint density at radius 3 is 1.36 bits per heavy atom. The van der Waals surface area contributed by atoms with Crippen molar-refractivity contribution in [1.29, 1.82) is 0 Å². The van der Waals surface area contributed by atoms with Crippen molar-refractivity contribution in [3.05, 3.63) is 71.8 Å². The molecule has 0 amide bonds. The Hall–Kier alpha value is -3.38. The zero-order valence-corrected chi connectivity index (χ0v) is 26.1. The number of hydrogen-bond acceptors (Lipinski definition) is 5. The molecule has 5 fully saturated rings. The Kier molecular flexibility index (Phi) is 9.38. The molecule has 0 aromatic heterocycles. The summed E-state index contributed by atoms with van der Waals surface area (Å²) in [7, 11) is 0. The lowest BCUT2D eigenvalue weighted by Gasteiger charge is -2.53. The molecule has 0 spiro atoms. The van der Waals surface area contributed by atoms with Crippen LogP contribution in [-0.4, -0.2) is 36.4 Å². The molecule has 4 unspecified atom stereocenters. The molecular weight excluding hydrogens is 560 g/mol. The van der Waals surface area contributed by atoms with E-state index in [1.807, 2.05) is 36.4 Å². The first-order chi connectivity index (χ1) is 22.1. The zero-order chi connectivity index (χ0) is 30.6. The SMILES string of the molecule is O=C1OC(=O)C2CCC(OC3CCC(C#Cc4ccccc4)CC3)C3C(OC4CCC(C#Cc5ccccc5)CC4)CCC1C23. The van der Waals surface area contributed by atoms with Crippen LogP contribution in [0.2, 0.25) is 0 Å². The van der Waals surface area contributed by atoms with Gasteiger partial charge in [-0.25, -0.2) is 0 Å². The van der Waals surface area contributed by atoms with Crippen LogP contribution >= 0.6 is 0 Å². The maximum atomic E-state index is 12.9. The van der Waals surface area contributed by atoms with Crippen LogP contribution < -0.4 is 0 Å². The molecule has 2 aromatic carbocycles. The molecule has 5 nitrogen and oxygen atoms in total. The van der Waals surface area contributed by atoms with Crippen molar-refractivity contribution >= 4 is 11.9 Å². The van der Waals surface area contributed by atoms with E-state index in [0.29, 0.717) is 11.8 Å². The van der Waals surface area contributed by atoms with Gasteiger partial charge in [-0.05, 0) is 107 Å². The monoisotopic (exact) mass is 604 g/mol. The fraction of sp³-hybridized carbons (Fsp3) is 0.550. The van der Waals surface area contributed by atoms with E-state index >= 15 is 0 Å². The van der Waals surface area contributed by atoms with Crippen molar-refractivity contribution in [2.24, 2.45) is 35.5 Å². The van der Waals surface area contributed by atoms with E-state index in [9.17, 15) is 9.59 Å². The number of cyclic esters (lactones) is 2. The molecule has 5 aliphatic rings. The number of rotatable bonds is 4. The molecule has 0 N–H and O–H groups in total. The first kappa shape index (κ1) is 30.3. The lowest BCUT2D eigenvalue weighted by atomic mass is 9.57. The molecule has 5 heteroatoms. The molecule has 4 aliphatic carbocycles. The minimum Gasteiger partial charge on any atom is -0.393 e. The van der Waals surface area contributed by atoms with Gasteiger partial charge in [-0.2, -0.15) is 0 Å². The summed E-state index contributed by atoms with van der Waals surface area (Å²) < 4.78 is 19.2. The molecule has 1 heterocycles. The largest absolute Gasteiger partial charge is 0.393 e. The minimum atomic E-state index is -0.333. The molecule has 0 bridgehead atoms. The average molecular weight is 605 g/mol. The van der Waals surface area contributed by atoms with Crippen molar-refractivity contribution in [2.45, 2.75) is 101 Å². The van der Waals surface area contributed by atoms with Crippen LogP contribution in [0, 0.1) is 59.2 Å². The third kappa shape index (κ3) is 7.06. The predicted octanol–water partition coefficient (Wildman–Crippen LogP) is 7.11. The van der Waals surface area contributed by atoms with Gasteiger partial charge in [0.2, 0.25) is 0 Å². The lowest BCUT2D eigenvalue weighted by Crippen LogP contribution is -2.59. The smallest absolute Gasteiger partial charge is 0.316 e. The molecule has 7 rings (SSSR count). The van der Waals surface area contributed by atoms with Gasteiger partial charge in [0.25, 0.3) is 0 Å². The van der Waals surface area contributed by atoms with Gasteiger partial charge in [-0.15, -0.1) is 0 Å². The van der Waals surface area contributed by atoms with Gasteiger partial charge in [0, 0.05) is 28.9 Å². The van der Waals surface area contributed by atoms with Gasteiger partial charge in [0.1, 0.15) is 0 Å². The number of carbonyl (C=O) groups is 2. The summed E-state index contributed by atoms with van der Waals surface area (Å²) in [4.78, 5) is 25.8. The fourth-order valence-corrected chi connectivity index (χ4v) is 8.72. The highest BCUT2D eigenvalue weighted by atomic mass is 16.6. The van der Waals surface area contributed by atoms with Gasteiger partial charge in [-0.3, -0.25) is 9.59 Å². The van der Waals surface area contributed by atoms with Gasteiger partial charge < -0.3 is 14.2 Å². The highest BCUT2D eigenvalue weighted by molar-refractivity contribution is 5.91. The van der Waals surface area contributed by atoms with Crippen LogP contribution in [0.5, 0.6) is 0 Å². The number of benzene rings is 2. The average Bonchev–Trinajstić information content (AvgIpc) is 3.08. The Balaban J connectivity index is 0.999. The van der Waals surface area contributed by atoms with Crippen molar-refractivity contribution in [3.8, 4) is 23.7 Å². The summed E-state index contributed by atoms with van der Waals surface area (Å²) in [6.45, 7) is 0. The van der Waals surface area contributed by atoms with Crippen LogP contribution in [0.25, 0.3) is 0 Å². The van der Waals surface area contributed by atoms with E-state index in [1.165, 1.54) is 0 Å². The van der Waals surface area contributed by atoms with E-state index in [4.69, 9.17) is 14.2 Å². The van der Waals surface area contributed by atoms with Crippen molar-refractivity contribution in [2.75, 3.05) is 0 Å². The zero-order valence-electron chi connectivity index (χ0n) is 26.1. The van der Waals surface area contributed by atoms with Crippen molar-refractivity contribution in [3.63, 3.8) is 0 Å². The third-order valence-corrected chi connectivity index (χ3v) is 11.0. The molecule has 4 atom stereocenters. The number of ether oxygens (including phenoxy) is 3. The van der Waals surface area contributed by atoms with Crippen molar-refractivity contribution < 1.29 is 23.8 Å². The topological polar surface area (TPSA) is 61.8 Å². The van der Waals surface area contributed by atoms with Crippen LogP contribution in [0.4, 0.5) is 0 Å². The molecule has 1 saturated heterocycles. The van der Waals surface area contributed by atoms with Crippen LogP contribution in [0.1, 0.15) is 88.2 Å². The first-order valence-electron chi connectivity index (χ1n) is 17.3. The molecular formula is C40H44O5. The second kappa shape index (κ2) is 13.9.